The molecule has 0 aromatic heterocycles. The Morgan fingerprint density at radius 1 is 1.33 bits per heavy atom. The SMILES string of the molecule is CNCC1CCN(CC(=O)N2CCCC2=O)CC1. The molecule has 5 nitrogen and oxygen atoms in total. The molecule has 1 N–H and O–H groups in total. The van der Waals surface area contributed by atoms with E-state index in [-0.39, 0.29) is 11.8 Å². The van der Waals surface area contributed by atoms with E-state index in [1.165, 1.54) is 4.90 Å². The van der Waals surface area contributed by atoms with Gasteiger partial charge in [0.2, 0.25) is 11.8 Å². The first-order chi connectivity index (χ1) is 8.70. The van der Waals surface area contributed by atoms with Gasteiger partial charge in [-0.15, -0.1) is 0 Å². The summed E-state index contributed by atoms with van der Waals surface area (Å²) in [5.74, 6) is 0.726. The van der Waals surface area contributed by atoms with Crippen LogP contribution in [0.4, 0.5) is 0 Å². The molecule has 2 amide bonds. The second-order valence-electron chi connectivity index (χ2n) is 5.32. The molecule has 2 aliphatic rings. The Labute approximate surface area is 108 Å². The molecular weight excluding hydrogens is 230 g/mol. The summed E-state index contributed by atoms with van der Waals surface area (Å²) in [6.45, 7) is 4.04. The molecule has 2 rings (SSSR count). The van der Waals surface area contributed by atoms with Crippen LogP contribution in [-0.2, 0) is 9.59 Å². The summed E-state index contributed by atoms with van der Waals surface area (Å²) in [6.07, 6.45) is 3.65. The molecule has 0 atom stereocenters. The van der Waals surface area contributed by atoms with Crippen LogP contribution in [0.5, 0.6) is 0 Å². The summed E-state index contributed by atoms with van der Waals surface area (Å²) in [6, 6.07) is 0. The van der Waals surface area contributed by atoms with Gasteiger partial charge in [-0.25, -0.2) is 0 Å². The van der Waals surface area contributed by atoms with Gasteiger partial charge in [0, 0.05) is 13.0 Å². The third-order valence-corrected chi connectivity index (χ3v) is 3.93. The van der Waals surface area contributed by atoms with Crippen molar-refractivity contribution < 1.29 is 9.59 Å². The largest absolute Gasteiger partial charge is 0.319 e. The quantitative estimate of drug-likeness (QED) is 0.770. The lowest BCUT2D eigenvalue weighted by atomic mass is 9.97. The number of hydrogen-bond acceptors (Lipinski definition) is 4. The van der Waals surface area contributed by atoms with E-state index < -0.39 is 0 Å². The molecule has 18 heavy (non-hydrogen) atoms. The first-order valence-corrected chi connectivity index (χ1v) is 6.91. The zero-order valence-corrected chi connectivity index (χ0v) is 11.2. The van der Waals surface area contributed by atoms with Crippen LogP contribution in [-0.4, -0.2) is 61.4 Å². The van der Waals surface area contributed by atoms with Crippen LogP contribution >= 0.6 is 0 Å². The minimum Gasteiger partial charge on any atom is -0.319 e. The highest BCUT2D eigenvalue weighted by atomic mass is 16.2. The fourth-order valence-electron chi connectivity index (χ4n) is 2.83. The molecule has 2 fully saturated rings. The second kappa shape index (κ2) is 6.29. The number of hydrogen-bond donors (Lipinski definition) is 1. The summed E-state index contributed by atoms with van der Waals surface area (Å²) in [7, 11) is 1.98. The van der Waals surface area contributed by atoms with Crippen LogP contribution in [0, 0.1) is 5.92 Å². The van der Waals surface area contributed by atoms with Crippen molar-refractivity contribution in [1.29, 1.82) is 0 Å². The van der Waals surface area contributed by atoms with Gasteiger partial charge in [0.05, 0.1) is 6.54 Å². The molecule has 0 aromatic rings. The normalized spacial score (nSPS) is 22.7. The number of imide groups is 1. The molecule has 0 aliphatic carbocycles. The molecule has 2 aliphatic heterocycles. The third kappa shape index (κ3) is 3.29. The molecule has 2 heterocycles. The Morgan fingerprint density at radius 2 is 2.06 bits per heavy atom. The molecule has 0 unspecified atom stereocenters. The van der Waals surface area contributed by atoms with Gasteiger partial charge in [-0.2, -0.15) is 0 Å². The average molecular weight is 253 g/mol. The van der Waals surface area contributed by atoms with Crippen molar-refractivity contribution in [3.63, 3.8) is 0 Å². The van der Waals surface area contributed by atoms with E-state index in [0.29, 0.717) is 19.5 Å². The molecule has 102 valence electrons. The fourth-order valence-corrected chi connectivity index (χ4v) is 2.83. The number of rotatable bonds is 4. The minimum atomic E-state index is -0.00966. The van der Waals surface area contributed by atoms with Crippen LogP contribution in [0.25, 0.3) is 0 Å². The molecule has 5 heteroatoms. The van der Waals surface area contributed by atoms with E-state index in [1.54, 1.807) is 0 Å². The first-order valence-electron chi connectivity index (χ1n) is 6.91. The summed E-state index contributed by atoms with van der Waals surface area (Å²) >= 11 is 0. The van der Waals surface area contributed by atoms with E-state index in [1.807, 2.05) is 7.05 Å². The van der Waals surface area contributed by atoms with Gasteiger partial charge in [0.1, 0.15) is 0 Å². The van der Waals surface area contributed by atoms with Crippen LogP contribution in [0.3, 0.4) is 0 Å². The monoisotopic (exact) mass is 253 g/mol. The molecular formula is C13H23N3O2. The lowest BCUT2D eigenvalue weighted by Gasteiger charge is -2.32. The van der Waals surface area contributed by atoms with Gasteiger partial charge in [0.15, 0.2) is 0 Å². The number of nitrogens with one attached hydrogen (secondary N) is 1. The molecule has 0 spiro atoms. The maximum Gasteiger partial charge on any atom is 0.243 e. The third-order valence-electron chi connectivity index (χ3n) is 3.93. The molecule has 0 radical (unpaired) electrons. The number of likely N-dealkylation sites (tertiary alicyclic amines) is 2. The van der Waals surface area contributed by atoms with Gasteiger partial charge in [-0.3, -0.25) is 19.4 Å². The van der Waals surface area contributed by atoms with E-state index in [9.17, 15) is 9.59 Å². The van der Waals surface area contributed by atoms with E-state index in [4.69, 9.17) is 0 Å². The van der Waals surface area contributed by atoms with Gasteiger partial charge in [0.25, 0.3) is 0 Å². The highest BCUT2D eigenvalue weighted by Gasteiger charge is 2.28. The fraction of sp³-hybridized carbons (Fsp3) is 0.846. The smallest absolute Gasteiger partial charge is 0.243 e. The van der Waals surface area contributed by atoms with Crippen molar-refractivity contribution in [2.24, 2.45) is 5.92 Å². The number of carbonyl (C=O) groups is 2. The van der Waals surface area contributed by atoms with E-state index in [2.05, 4.69) is 10.2 Å². The van der Waals surface area contributed by atoms with Gasteiger partial charge in [-0.1, -0.05) is 0 Å². The predicted octanol–water partition coefficient (Wildman–Crippen LogP) is 0.0668. The van der Waals surface area contributed by atoms with Crippen LogP contribution in [0.2, 0.25) is 0 Å². The topological polar surface area (TPSA) is 52.7 Å². The van der Waals surface area contributed by atoms with Crippen molar-refractivity contribution in [2.75, 3.05) is 39.8 Å². The van der Waals surface area contributed by atoms with Gasteiger partial charge >= 0.3 is 0 Å². The number of piperidine rings is 1. The van der Waals surface area contributed by atoms with E-state index >= 15 is 0 Å². The highest BCUT2D eigenvalue weighted by Crippen LogP contribution is 2.17. The Hall–Kier alpha value is -0.940. The number of carbonyl (C=O) groups excluding carboxylic acids is 2. The zero-order valence-electron chi connectivity index (χ0n) is 11.2. The van der Waals surface area contributed by atoms with Crippen molar-refractivity contribution in [1.82, 2.24) is 15.1 Å². The van der Waals surface area contributed by atoms with Crippen LogP contribution in [0.15, 0.2) is 0 Å². The number of amides is 2. The Kier molecular flexibility index (Phi) is 4.72. The van der Waals surface area contributed by atoms with Gasteiger partial charge < -0.3 is 5.32 Å². The van der Waals surface area contributed by atoms with Gasteiger partial charge in [-0.05, 0) is 51.9 Å². The first kappa shape index (κ1) is 13.5. The van der Waals surface area contributed by atoms with Crippen LogP contribution in [0.1, 0.15) is 25.7 Å². The standard InChI is InChI=1S/C13H23N3O2/c1-14-9-11-4-7-15(8-5-11)10-13(18)16-6-2-3-12(16)17/h11,14H,2-10H2,1H3. The van der Waals surface area contributed by atoms with E-state index in [0.717, 1.165) is 44.8 Å². The van der Waals surface area contributed by atoms with Crippen molar-refractivity contribution in [3.05, 3.63) is 0 Å². The lowest BCUT2D eigenvalue weighted by molar-refractivity contribution is -0.142. The average Bonchev–Trinajstić information content (AvgIpc) is 2.78. The molecule has 0 aromatic carbocycles. The highest BCUT2D eigenvalue weighted by molar-refractivity contribution is 5.97. The zero-order chi connectivity index (χ0) is 13.0. The molecule has 0 saturated carbocycles. The lowest BCUT2D eigenvalue weighted by Crippen LogP contribution is -2.44. The van der Waals surface area contributed by atoms with Crippen LogP contribution < -0.4 is 5.32 Å². The summed E-state index contributed by atoms with van der Waals surface area (Å²) in [5, 5.41) is 3.21. The summed E-state index contributed by atoms with van der Waals surface area (Å²) < 4.78 is 0. The Bertz CT molecular complexity index is 311. The Morgan fingerprint density at radius 3 is 2.61 bits per heavy atom. The summed E-state index contributed by atoms with van der Waals surface area (Å²) in [4.78, 5) is 27.1. The Balaban J connectivity index is 1.74. The minimum absolute atomic E-state index is 0.00469. The maximum atomic E-state index is 12.0. The second-order valence-corrected chi connectivity index (χ2v) is 5.32. The maximum absolute atomic E-state index is 12.0. The summed E-state index contributed by atoms with van der Waals surface area (Å²) in [5.41, 5.74) is 0. The van der Waals surface area contributed by atoms with Crippen molar-refractivity contribution >= 4 is 11.8 Å². The van der Waals surface area contributed by atoms with Crippen molar-refractivity contribution in [2.45, 2.75) is 25.7 Å². The predicted molar refractivity (Wildman–Crippen MR) is 69.0 cm³/mol. The molecule has 2 saturated heterocycles. The number of nitrogens with zero attached hydrogens (tertiary/aromatic N) is 2. The molecule has 0 bridgehead atoms. The van der Waals surface area contributed by atoms with Crippen molar-refractivity contribution in [3.8, 4) is 0 Å².